The molecule has 4 heteroatoms. The second-order valence-electron chi connectivity index (χ2n) is 5.20. The minimum absolute atomic E-state index is 0.198. The summed E-state index contributed by atoms with van der Waals surface area (Å²) in [5, 5.41) is 0.512. The first kappa shape index (κ1) is 13.8. The van der Waals surface area contributed by atoms with E-state index in [0.717, 1.165) is 19.5 Å². The molecule has 0 bridgehead atoms. The van der Waals surface area contributed by atoms with Crippen molar-refractivity contribution in [2.75, 3.05) is 13.1 Å². The summed E-state index contributed by atoms with van der Waals surface area (Å²) in [4.78, 5) is 2.25. The number of nitrogens with zero attached hydrogens (tertiary/aromatic N) is 1. The number of rotatable bonds is 3. The Labute approximate surface area is 113 Å². The lowest BCUT2D eigenvalue weighted by molar-refractivity contribution is 0.153. The molecule has 2 unspecified atom stereocenters. The highest BCUT2D eigenvalue weighted by Gasteiger charge is 2.23. The maximum Gasteiger partial charge on any atom is 0.129 e. The van der Waals surface area contributed by atoms with Crippen LogP contribution in [0.3, 0.4) is 0 Å². The van der Waals surface area contributed by atoms with Crippen LogP contribution in [0.25, 0.3) is 0 Å². The first-order chi connectivity index (χ1) is 8.58. The van der Waals surface area contributed by atoms with Gasteiger partial charge in [-0.25, -0.2) is 4.39 Å². The van der Waals surface area contributed by atoms with Crippen molar-refractivity contribution < 1.29 is 4.39 Å². The van der Waals surface area contributed by atoms with Gasteiger partial charge >= 0.3 is 0 Å². The predicted octanol–water partition coefficient (Wildman–Crippen LogP) is 3.04. The van der Waals surface area contributed by atoms with E-state index in [-0.39, 0.29) is 11.9 Å². The Kier molecular flexibility index (Phi) is 4.60. The van der Waals surface area contributed by atoms with Crippen LogP contribution < -0.4 is 5.73 Å². The van der Waals surface area contributed by atoms with Crippen LogP contribution in [0.2, 0.25) is 5.02 Å². The predicted molar refractivity (Wildman–Crippen MR) is 73.1 cm³/mol. The number of benzene rings is 1. The third-order valence-electron chi connectivity index (χ3n) is 3.73. The van der Waals surface area contributed by atoms with E-state index in [1.165, 1.54) is 12.5 Å². The SMILES string of the molecule is CC(N)C1CCCN(Cc2c(F)cccc2Cl)C1. The van der Waals surface area contributed by atoms with Crippen molar-refractivity contribution in [1.29, 1.82) is 0 Å². The Bertz CT molecular complexity index is 389. The summed E-state index contributed by atoms with van der Waals surface area (Å²) in [5.41, 5.74) is 6.56. The molecule has 0 amide bonds. The standard InChI is InChI=1S/C14H20ClFN2/c1-10(17)11-4-3-7-18(8-11)9-12-13(15)5-2-6-14(12)16/h2,5-6,10-11H,3-4,7-9,17H2,1H3. The molecule has 1 aliphatic heterocycles. The molecule has 2 nitrogen and oxygen atoms in total. The van der Waals surface area contributed by atoms with Crippen molar-refractivity contribution >= 4 is 11.6 Å². The lowest BCUT2D eigenvalue weighted by atomic mass is 9.92. The Balaban J connectivity index is 2.05. The Morgan fingerprint density at radius 1 is 1.56 bits per heavy atom. The van der Waals surface area contributed by atoms with E-state index >= 15 is 0 Å². The molecule has 1 aromatic carbocycles. The lowest BCUT2D eigenvalue weighted by Gasteiger charge is -2.34. The quantitative estimate of drug-likeness (QED) is 0.915. The molecule has 0 radical (unpaired) electrons. The smallest absolute Gasteiger partial charge is 0.129 e. The first-order valence-corrected chi connectivity index (χ1v) is 6.86. The summed E-state index contributed by atoms with van der Waals surface area (Å²) in [6, 6.07) is 5.05. The highest BCUT2D eigenvalue weighted by atomic mass is 35.5. The largest absolute Gasteiger partial charge is 0.328 e. The molecule has 0 spiro atoms. The van der Waals surface area contributed by atoms with Crippen molar-refractivity contribution in [2.45, 2.75) is 32.4 Å². The molecule has 0 aromatic heterocycles. The Hall–Kier alpha value is -0.640. The van der Waals surface area contributed by atoms with E-state index in [2.05, 4.69) is 4.90 Å². The minimum Gasteiger partial charge on any atom is -0.328 e. The van der Waals surface area contributed by atoms with E-state index in [1.54, 1.807) is 12.1 Å². The second-order valence-corrected chi connectivity index (χ2v) is 5.60. The van der Waals surface area contributed by atoms with Crippen LogP contribution in [0.4, 0.5) is 4.39 Å². The van der Waals surface area contributed by atoms with Crippen LogP contribution in [-0.2, 0) is 6.54 Å². The fourth-order valence-corrected chi connectivity index (χ4v) is 2.79. The molecule has 2 rings (SSSR count). The number of hydrogen-bond acceptors (Lipinski definition) is 2. The molecular formula is C14H20ClFN2. The van der Waals surface area contributed by atoms with Gasteiger partial charge < -0.3 is 5.73 Å². The third kappa shape index (κ3) is 3.22. The average molecular weight is 271 g/mol. The van der Waals surface area contributed by atoms with Crippen molar-refractivity contribution in [3.05, 3.63) is 34.6 Å². The molecule has 0 saturated carbocycles. The number of hydrogen-bond donors (Lipinski definition) is 1. The molecule has 100 valence electrons. The minimum atomic E-state index is -0.217. The fraction of sp³-hybridized carbons (Fsp3) is 0.571. The summed E-state index contributed by atoms with van der Waals surface area (Å²) in [6.45, 7) is 4.55. The normalized spacial score (nSPS) is 23.0. The average Bonchev–Trinajstić information content (AvgIpc) is 2.34. The highest BCUT2D eigenvalue weighted by molar-refractivity contribution is 6.31. The third-order valence-corrected chi connectivity index (χ3v) is 4.08. The van der Waals surface area contributed by atoms with E-state index in [0.29, 0.717) is 23.0 Å². The van der Waals surface area contributed by atoms with Crippen molar-refractivity contribution in [2.24, 2.45) is 11.7 Å². The van der Waals surface area contributed by atoms with Crippen LogP contribution in [-0.4, -0.2) is 24.0 Å². The maximum atomic E-state index is 13.7. The molecule has 18 heavy (non-hydrogen) atoms. The Morgan fingerprint density at radius 2 is 2.33 bits per heavy atom. The van der Waals surface area contributed by atoms with Gasteiger partial charge in [0.15, 0.2) is 0 Å². The molecule has 2 N–H and O–H groups in total. The molecular weight excluding hydrogens is 251 g/mol. The molecule has 1 fully saturated rings. The van der Waals surface area contributed by atoms with Crippen LogP contribution in [0, 0.1) is 11.7 Å². The van der Waals surface area contributed by atoms with E-state index in [1.807, 2.05) is 6.92 Å². The molecule has 1 saturated heterocycles. The van der Waals surface area contributed by atoms with Crippen LogP contribution in [0.5, 0.6) is 0 Å². The van der Waals surface area contributed by atoms with Gasteiger partial charge in [-0.1, -0.05) is 17.7 Å². The van der Waals surface area contributed by atoms with Gasteiger partial charge in [0.05, 0.1) is 0 Å². The van der Waals surface area contributed by atoms with Crippen molar-refractivity contribution in [3.8, 4) is 0 Å². The van der Waals surface area contributed by atoms with E-state index < -0.39 is 0 Å². The van der Waals surface area contributed by atoms with Gasteiger partial charge in [-0.05, 0) is 44.4 Å². The van der Waals surface area contributed by atoms with Gasteiger partial charge in [-0.15, -0.1) is 0 Å². The van der Waals surface area contributed by atoms with Gasteiger partial charge in [-0.2, -0.15) is 0 Å². The number of nitrogens with two attached hydrogens (primary N) is 1. The number of halogens is 2. The van der Waals surface area contributed by atoms with E-state index in [9.17, 15) is 4.39 Å². The maximum absolute atomic E-state index is 13.7. The summed E-state index contributed by atoms with van der Waals surface area (Å²) >= 11 is 6.06. The van der Waals surface area contributed by atoms with Gasteiger partial charge in [-0.3, -0.25) is 4.90 Å². The van der Waals surface area contributed by atoms with Gasteiger partial charge in [0, 0.05) is 29.7 Å². The van der Waals surface area contributed by atoms with Gasteiger partial charge in [0.2, 0.25) is 0 Å². The zero-order chi connectivity index (χ0) is 13.1. The first-order valence-electron chi connectivity index (χ1n) is 6.48. The van der Waals surface area contributed by atoms with Crippen molar-refractivity contribution in [1.82, 2.24) is 4.90 Å². The van der Waals surface area contributed by atoms with Crippen LogP contribution in [0.1, 0.15) is 25.3 Å². The molecule has 1 aromatic rings. The summed E-state index contributed by atoms with van der Waals surface area (Å²) in [7, 11) is 0. The van der Waals surface area contributed by atoms with Gasteiger partial charge in [0.1, 0.15) is 5.82 Å². The van der Waals surface area contributed by atoms with Crippen molar-refractivity contribution in [3.63, 3.8) is 0 Å². The molecule has 0 aliphatic carbocycles. The van der Waals surface area contributed by atoms with Gasteiger partial charge in [0.25, 0.3) is 0 Å². The molecule has 2 atom stereocenters. The molecule has 1 heterocycles. The van der Waals surface area contributed by atoms with E-state index in [4.69, 9.17) is 17.3 Å². The number of likely N-dealkylation sites (tertiary alicyclic amines) is 1. The summed E-state index contributed by atoms with van der Waals surface area (Å²) in [5.74, 6) is 0.287. The second kappa shape index (κ2) is 6.00. The summed E-state index contributed by atoms with van der Waals surface area (Å²) < 4.78 is 13.7. The van der Waals surface area contributed by atoms with Crippen LogP contribution in [0.15, 0.2) is 18.2 Å². The highest BCUT2D eigenvalue weighted by Crippen LogP contribution is 2.24. The molecule has 1 aliphatic rings. The zero-order valence-corrected chi connectivity index (χ0v) is 11.5. The number of piperidine rings is 1. The Morgan fingerprint density at radius 3 is 3.00 bits per heavy atom. The topological polar surface area (TPSA) is 29.3 Å². The zero-order valence-electron chi connectivity index (χ0n) is 10.7. The van der Waals surface area contributed by atoms with Crippen LogP contribution >= 0.6 is 11.6 Å². The monoisotopic (exact) mass is 270 g/mol. The lowest BCUT2D eigenvalue weighted by Crippen LogP contribution is -2.42. The summed E-state index contributed by atoms with van der Waals surface area (Å²) in [6.07, 6.45) is 2.29. The fourth-order valence-electron chi connectivity index (χ4n) is 2.57.